The van der Waals surface area contributed by atoms with Gasteiger partial charge in [-0.2, -0.15) is 18.3 Å². The molecule has 3 N–H and O–H groups in total. The highest BCUT2D eigenvalue weighted by Crippen LogP contribution is 2.26. The largest absolute Gasteiger partial charge is 0.453 e. The Kier molecular flexibility index (Phi) is 3.95. The van der Waals surface area contributed by atoms with Gasteiger partial charge in [0.25, 0.3) is 5.82 Å². The van der Waals surface area contributed by atoms with Crippen LogP contribution in [0.1, 0.15) is 18.1 Å². The fourth-order valence-electron chi connectivity index (χ4n) is 2.34. The molecule has 0 radical (unpaired) electrons. The van der Waals surface area contributed by atoms with E-state index in [1.807, 2.05) is 0 Å². The van der Waals surface area contributed by atoms with Crippen LogP contribution >= 0.6 is 0 Å². The van der Waals surface area contributed by atoms with E-state index in [1.165, 1.54) is 17.3 Å². The van der Waals surface area contributed by atoms with Gasteiger partial charge in [-0.3, -0.25) is 19.8 Å². The van der Waals surface area contributed by atoms with Gasteiger partial charge in [-0.05, 0) is 0 Å². The molecule has 0 bridgehead atoms. The van der Waals surface area contributed by atoms with Crippen LogP contribution in [0.15, 0.2) is 12.4 Å². The Morgan fingerprint density at radius 2 is 2.25 bits per heavy atom. The third kappa shape index (κ3) is 3.21. The Morgan fingerprint density at radius 1 is 1.46 bits per heavy atom. The number of hydrogen-bond acceptors (Lipinski definition) is 5. The fraction of sp³-hybridized carbons (Fsp3) is 0.417. The number of carbonyl (C=O) groups is 2. The first kappa shape index (κ1) is 16.0. The van der Waals surface area contributed by atoms with E-state index < -0.39 is 23.8 Å². The molecule has 1 saturated heterocycles. The fourth-order valence-corrected chi connectivity index (χ4v) is 2.34. The van der Waals surface area contributed by atoms with Crippen molar-refractivity contribution in [3.05, 3.63) is 24.0 Å². The molecule has 12 heteroatoms. The first-order chi connectivity index (χ1) is 11.3. The maximum absolute atomic E-state index is 12.4. The van der Waals surface area contributed by atoms with E-state index in [0.717, 1.165) is 0 Å². The van der Waals surface area contributed by atoms with Crippen molar-refractivity contribution in [2.24, 2.45) is 5.92 Å². The smallest absolute Gasteiger partial charge is 0.349 e. The summed E-state index contributed by atoms with van der Waals surface area (Å²) in [6.07, 6.45) is -1.64. The second-order valence-electron chi connectivity index (χ2n) is 5.18. The van der Waals surface area contributed by atoms with E-state index >= 15 is 0 Å². The minimum atomic E-state index is -4.65. The highest BCUT2D eigenvalue weighted by molar-refractivity contribution is 6.00. The van der Waals surface area contributed by atoms with Crippen molar-refractivity contribution in [1.29, 1.82) is 0 Å². The van der Waals surface area contributed by atoms with Gasteiger partial charge in [-0.15, -0.1) is 5.10 Å². The zero-order chi connectivity index (χ0) is 17.3. The molecule has 128 valence electrons. The van der Waals surface area contributed by atoms with E-state index in [1.54, 1.807) is 0 Å². The van der Waals surface area contributed by atoms with Crippen LogP contribution in [0.25, 0.3) is 0 Å². The van der Waals surface area contributed by atoms with E-state index in [4.69, 9.17) is 0 Å². The van der Waals surface area contributed by atoms with Crippen molar-refractivity contribution < 1.29 is 22.8 Å². The summed E-state index contributed by atoms with van der Waals surface area (Å²) in [7, 11) is 0. The van der Waals surface area contributed by atoms with Gasteiger partial charge in [-0.25, -0.2) is 4.98 Å². The van der Waals surface area contributed by atoms with Crippen molar-refractivity contribution in [1.82, 2.24) is 30.7 Å². The van der Waals surface area contributed by atoms with E-state index in [-0.39, 0.29) is 31.2 Å². The minimum Gasteiger partial charge on any atom is -0.349 e. The van der Waals surface area contributed by atoms with Crippen molar-refractivity contribution in [3.8, 4) is 0 Å². The number of rotatable bonds is 4. The monoisotopic (exact) mass is 343 g/mol. The molecule has 3 heterocycles. The minimum absolute atomic E-state index is 0.0151. The molecule has 0 spiro atoms. The molecule has 1 aliphatic heterocycles. The van der Waals surface area contributed by atoms with Gasteiger partial charge in [0.15, 0.2) is 0 Å². The number of alkyl halides is 3. The van der Waals surface area contributed by atoms with Gasteiger partial charge in [0.05, 0.1) is 24.3 Å². The van der Waals surface area contributed by atoms with E-state index in [9.17, 15) is 22.8 Å². The van der Waals surface area contributed by atoms with Crippen LogP contribution in [0, 0.1) is 5.92 Å². The lowest BCUT2D eigenvalue weighted by Crippen LogP contribution is -2.32. The van der Waals surface area contributed by atoms with Crippen molar-refractivity contribution in [3.63, 3.8) is 0 Å². The summed E-state index contributed by atoms with van der Waals surface area (Å²) < 4.78 is 37.2. The molecule has 9 nitrogen and oxygen atoms in total. The van der Waals surface area contributed by atoms with Crippen LogP contribution in [-0.2, 0) is 22.3 Å². The number of aromatic amines is 2. The molecular weight excluding hydrogens is 331 g/mol. The summed E-state index contributed by atoms with van der Waals surface area (Å²) in [6, 6.07) is 0. The lowest BCUT2D eigenvalue weighted by Gasteiger charge is -2.13. The molecular formula is C12H12F3N7O2. The summed E-state index contributed by atoms with van der Waals surface area (Å²) in [6.45, 7) is -0.0628. The molecule has 1 fully saturated rings. The summed E-state index contributed by atoms with van der Waals surface area (Å²) in [5.41, 5.74) is 0.556. The average molecular weight is 343 g/mol. The number of nitrogens with zero attached hydrogens (tertiary/aromatic N) is 4. The van der Waals surface area contributed by atoms with Gasteiger partial charge in [0, 0.05) is 19.2 Å². The maximum Gasteiger partial charge on any atom is 0.453 e. The average Bonchev–Trinajstić information content (AvgIpc) is 3.23. The lowest BCUT2D eigenvalue weighted by atomic mass is 10.1. The normalized spacial score (nSPS) is 18.2. The Hall–Kier alpha value is -2.92. The zero-order valence-electron chi connectivity index (χ0n) is 12.1. The third-order valence-electron chi connectivity index (χ3n) is 3.51. The number of carbonyl (C=O) groups excluding carboxylic acids is 2. The van der Waals surface area contributed by atoms with Gasteiger partial charge >= 0.3 is 6.18 Å². The van der Waals surface area contributed by atoms with Gasteiger partial charge < -0.3 is 10.2 Å². The Balaban J connectivity index is 1.56. The van der Waals surface area contributed by atoms with Crippen LogP contribution in [0.5, 0.6) is 0 Å². The van der Waals surface area contributed by atoms with Crippen molar-refractivity contribution in [2.75, 3.05) is 11.4 Å². The summed E-state index contributed by atoms with van der Waals surface area (Å²) in [5, 5.41) is 13.9. The number of aromatic nitrogens is 5. The first-order valence-electron chi connectivity index (χ1n) is 6.90. The predicted octanol–water partition coefficient (Wildman–Crippen LogP) is 0.216. The number of amides is 2. The zero-order valence-corrected chi connectivity index (χ0v) is 12.1. The topological polar surface area (TPSA) is 120 Å². The Morgan fingerprint density at radius 3 is 2.88 bits per heavy atom. The molecule has 0 aromatic carbocycles. The quantitative estimate of drug-likeness (QED) is 0.733. The molecule has 2 amide bonds. The predicted molar refractivity (Wildman–Crippen MR) is 72.3 cm³/mol. The molecule has 24 heavy (non-hydrogen) atoms. The van der Waals surface area contributed by atoms with Gasteiger partial charge in [0.1, 0.15) is 5.82 Å². The summed E-state index contributed by atoms with van der Waals surface area (Å²) in [4.78, 5) is 28.7. The maximum atomic E-state index is 12.4. The molecule has 0 saturated carbocycles. The van der Waals surface area contributed by atoms with Crippen LogP contribution < -0.4 is 10.2 Å². The van der Waals surface area contributed by atoms with Crippen LogP contribution in [-0.4, -0.2) is 43.7 Å². The summed E-state index contributed by atoms with van der Waals surface area (Å²) in [5.74, 6) is -2.69. The van der Waals surface area contributed by atoms with E-state index in [2.05, 4.69) is 30.7 Å². The molecule has 0 aliphatic carbocycles. The Bertz CT molecular complexity index is 740. The number of H-pyrrole nitrogens is 2. The first-order valence-corrected chi connectivity index (χ1v) is 6.90. The molecule has 2 aromatic heterocycles. The second kappa shape index (κ2) is 5.94. The molecule has 1 aliphatic rings. The lowest BCUT2D eigenvalue weighted by molar-refractivity contribution is -0.144. The van der Waals surface area contributed by atoms with Crippen LogP contribution in [0.3, 0.4) is 0 Å². The van der Waals surface area contributed by atoms with Crippen molar-refractivity contribution >= 4 is 17.5 Å². The third-order valence-corrected chi connectivity index (χ3v) is 3.51. The van der Waals surface area contributed by atoms with Crippen LogP contribution in [0.4, 0.5) is 18.9 Å². The van der Waals surface area contributed by atoms with Crippen molar-refractivity contribution in [2.45, 2.75) is 19.1 Å². The number of hydrogen-bond donors (Lipinski definition) is 3. The van der Waals surface area contributed by atoms with Crippen LogP contribution in [0.2, 0.25) is 0 Å². The molecule has 1 unspecified atom stereocenters. The second-order valence-corrected chi connectivity index (χ2v) is 5.18. The SMILES string of the molecule is O=C(NCc1nc(C(F)(F)F)n[nH]1)C1CC(=O)N(c2cn[nH]c2)C1. The molecule has 2 aromatic rings. The highest BCUT2D eigenvalue weighted by Gasteiger charge is 2.37. The number of anilines is 1. The standard InChI is InChI=1S/C12H12F3N7O2/c13-12(14,15)11-19-8(20-21-11)4-16-10(24)6-1-9(23)22(5-6)7-2-17-18-3-7/h2-3,6H,1,4-5H2,(H,16,24)(H,17,18)(H,19,20,21). The number of halogens is 3. The molecule has 3 rings (SSSR count). The Labute approximate surface area is 132 Å². The van der Waals surface area contributed by atoms with E-state index in [0.29, 0.717) is 5.69 Å². The number of nitrogens with one attached hydrogen (secondary N) is 3. The highest BCUT2D eigenvalue weighted by atomic mass is 19.4. The van der Waals surface area contributed by atoms with Gasteiger partial charge in [-0.1, -0.05) is 0 Å². The summed E-state index contributed by atoms with van der Waals surface area (Å²) >= 11 is 0. The molecule has 1 atom stereocenters. The van der Waals surface area contributed by atoms with Gasteiger partial charge in [0.2, 0.25) is 11.8 Å².